The van der Waals surface area contributed by atoms with E-state index in [1.54, 1.807) is 0 Å². The van der Waals surface area contributed by atoms with Gasteiger partial charge in [0.1, 0.15) is 0 Å². The molecule has 1 fully saturated rings. The molecule has 0 radical (unpaired) electrons. The van der Waals surface area contributed by atoms with Crippen LogP contribution in [0.15, 0.2) is 24.3 Å². The number of carboxylic acid groups (broad SMARTS) is 1. The molecule has 0 amide bonds. The van der Waals surface area contributed by atoms with Crippen molar-refractivity contribution < 1.29 is 9.90 Å². The maximum atomic E-state index is 10.5. The van der Waals surface area contributed by atoms with Crippen LogP contribution in [0.5, 0.6) is 0 Å². The molecular weight excluding hydrogens is 272 g/mol. The van der Waals surface area contributed by atoms with Crippen molar-refractivity contribution in [2.75, 3.05) is 0 Å². The van der Waals surface area contributed by atoms with Crippen LogP contribution in [0.2, 0.25) is 0 Å². The monoisotopic (exact) mass is 304 g/mol. The third kappa shape index (κ3) is 5.00. The van der Waals surface area contributed by atoms with E-state index in [4.69, 9.17) is 5.11 Å². The van der Waals surface area contributed by atoms with E-state index in [2.05, 4.69) is 31.2 Å². The van der Waals surface area contributed by atoms with E-state index in [1.807, 2.05) is 0 Å². The van der Waals surface area contributed by atoms with Gasteiger partial charge in [0.05, 0.1) is 0 Å². The van der Waals surface area contributed by atoms with Gasteiger partial charge in [0, 0.05) is 6.42 Å². The van der Waals surface area contributed by atoms with Gasteiger partial charge in [0.2, 0.25) is 0 Å². The van der Waals surface area contributed by atoms with Gasteiger partial charge in [-0.05, 0) is 62.2 Å². The molecule has 2 aliphatic carbocycles. The highest BCUT2D eigenvalue weighted by Crippen LogP contribution is 2.50. The minimum Gasteiger partial charge on any atom is -0.481 e. The summed E-state index contributed by atoms with van der Waals surface area (Å²) in [6, 6.07) is 0. The number of rotatable bonds is 9. The summed E-state index contributed by atoms with van der Waals surface area (Å²) < 4.78 is 0. The van der Waals surface area contributed by atoms with Crippen molar-refractivity contribution in [3.63, 3.8) is 0 Å². The van der Waals surface area contributed by atoms with Gasteiger partial charge in [-0.1, -0.05) is 50.5 Å². The van der Waals surface area contributed by atoms with E-state index in [0.29, 0.717) is 6.42 Å². The van der Waals surface area contributed by atoms with Crippen LogP contribution in [0, 0.1) is 23.7 Å². The van der Waals surface area contributed by atoms with Gasteiger partial charge >= 0.3 is 5.97 Å². The zero-order valence-electron chi connectivity index (χ0n) is 14.0. The number of carboxylic acids is 1. The van der Waals surface area contributed by atoms with E-state index >= 15 is 0 Å². The first-order valence-corrected chi connectivity index (χ1v) is 9.24. The highest BCUT2D eigenvalue weighted by Gasteiger charge is 2.41. The van der Waals surface area contributed by atoms with Crippen LogP contribution < -0.4 is 0 Å². The maximum absolute atomic E-state index is 10.5. The number of unbranched alkanes of at least 4 members (excludes halogenated alkanes) is 2. The second kappa shape index (κ2) is 9.17. The molecule has 2 heteroatoms. The molecule has 22 heavy (non-hydrogen) atoms. The van der Waals surface area contributed by atoms with Crippen LogP contribution in [0.3, 0.4) is 0 Å². The fraction of sp³-hybridized carbons (Fsp3) is 0.750. The Bertz CT molecular complexity index is 397. The fourth-order valence-corrected chi connectivity index (χ4v) is 4.51. The summed E-state index contributed by atoms with van der Waals surface area (Å²) >= 11 is 0. The van der Waals surface area contributed by atoms with Gasteiger partial charge in [0.15, 0.2) is 0 Å². The summed E-state index contributed by atoms with van der Waals surface area (Å²) in [6.45, 7) is 2.29. The molecule has 2 rings (SSSR count). The minimum absolute atomic E-state index is 0.294. The van der Waals surface area contributed by atoms with E-state index < -0.39 is 5.97 Å². The molecule has 0 spiro atoms. The molecule has 4 atom stereocenters. The standard InChI is InChI=1S/C20H32O2/c1-2-3-10-16-15-17-11-8-9-13-19(17)18(16)12-6-4-5-7-14-20(21)22/h4,6,8-9,16-19H,2-3,5,7,10-15H2,1H3,(H,21,22)/b6-4+/t16-,17-,18+,19+/m0/s1. The molecule has 0 unspecified atom stereocenters. The second-order valence-corrected chi connectivity index (χ2v) is 7.16. The van der Waals surface area contributed by atoms with Crippen molar-refractivity contribution in [3.05, 3.63) is 24.3 Å². The number of carbonyl (C=O) groups is 1. The number of hydrogen-bond acceptors (Lipinski definition) is 1. The average Bonchev–Trinajstić information content (AvgIpc) is 2.86. The smallest absolute Gasteiger partial charge is 0.303 e. The molecule has 0 aromatic carbocycles. The summed E-state index contributed by atoms with van der Waals surface area (Å²) in [6.07, 6.45) is 20.6. The Balaban J connectivity index is 1.82. The van der Waals surface area contributed by atoms with Gasteiger partial charge in [0.25, 0.3) is 0 Å². The Kier molecular flexibility index (Phi) is 7.21. The Morgan fingerprint density at radius 3 is 2.82 bits per heavy atom. The molecule has 2 nitrogen and oxygen atoms in total. The first kappa shape index (κ1) is 17.3. The number of fused-ring (bicyclic) bond motifs is 1. The van der Waals surface area contributed by atoms with Crippen molar-refractivity contribution in [1.29, 1.82) is 0 Å². The molecule has 2 aliphatic rings. The second-order valence-electron chi connectivity index (χ2n) is 7.16. The summed E-state index contributed by atoms with van der Waals surface area (Å²) in [5.41, 5.74) is 0. The largest absolute Gasteiger partial charge is 0.481 e. The topological polar surface area (TPSA) is 37.3 Å². The van der Waals surface area contributed by atoms with Crippen molar-refractivity contribution in [1.82, 2.24) is 0 Å². The van der Waals surface area contributed by atoms with Gasteiger partial charge in [-0.2, -0.15) is 0 Å². The van der Waals surface area contributed by atoms with Crippen LogP contribution in [-0.4, -0.2) is 11.1 Å². The Hall–Kier alpha value is -1.05. The van der Waals surface area contributed by atoms with Crippen LogP contribution in [-0.2, 0) is 4.79 Å². The van der Waals surface area contributed by atoms with Crippen molar-refractivity contribution >= 4 is 5.97 Å². The minimum atomic E-state index is -0.680. The predicted molar refractivity (Wildman–Crippen MR) is 91.7 cm³/mol. The lowest BCUT2D eigenvalue weighted by atomic mass is 9.78. The first-order chi connectivity index (χ1) is 10.7. The summed E-state index contributed by atoms with van der Waals surface area (Å²) in [4.78, 5) is 10.5. The maximum Gasteiger partial charge on any atom is 0.303 e. The normalized spacial score (nSPS) is 30.8. The lowest BCUT2D eigenvalue weighted by molar-refractivity contribution is -0.137. The fourth-order valence-electron chi connectivity index (χ4n) is 4.51. The first-order valence-electron chi connectivity index (χ1n) is 9.24. The lowest BCUT2D eigenvalue weighted by Crippen LogP contribution is -2.18. The molecule has 1 saturated carbocycles. The third-order valence-electron chi connectivity index (χ3n) is 5.65. The number of allylic oxidation sites excluding steroid dienone is 4. The molecule has 1 N–H and O–H groups in total. The summed E-state index contributed by atoms with van der Waals surface area (Å²) in [5, 5.41) is 8.66. The molecule has 0 aromatic heterocycles. The summed E-state index contributed by atoms with van der Waals surface area (Å²) in [7, 11) is 0. The number of hydrogen-bond donors (Lipinski definition) is 1. The zero-order chi connectivity index (χ0) is 15.8. The molecule has 0 heterocycles. The van der Waals surface area contributed by atoms with E-state index in [9.17, 15) is 4.79 Å². The molecule has 0 bridgehead atoms. The predicted octanol–water partition coefficient (Wildman–Crippen LogP) is 5.60. The van der Waals surface area contributed by atoms with Crippen LogP contribution in [0.1, 0.15) is 71.1 Å². The Labute approximate surface area is 135 Å². The lowest BCUT2D eigenvalue weighted by Gasteiger charge is -2.27. The molecule has 0 aromatic rings. The van der Waals surface area contributed by atoms with E-state index in [-0.39, 0.29) is 0 Å². The van der Waals surface area contributed by atoms with E-state index in [0.717, 1.165) is 36.5 Å². The van der Waals surface area contributed by atoms with Crippen molar-refractivity contribution in [2.45, 2.75) is 71.1 Å². The van der Waals surface area contributed by atoms with E-state index in [1.165, 1.54) is 44.9 Å². The highest BCUT2D eigenvalue weighted by molar-refractivity contribution is 5.66. The number of aliphatic carboxylic acids is 1. The average molecular weight is 304 g/mol. The van der Waals surface area contributed by atoms with Crippen LogP contribution in [0.25, 0.3) is 0 Å². The van der Waals surface area contributed by atoms with Gasteiger partial charge in [-0.25, -0.2) is 0 Å². The van der Waals surface area contributed by atoms with Crippen LogP contribution >= 0.6 is 0 Å². The third-order valence-corrected chi connectivity index (χ3v) is 5.65. The molecule has 0 saturated heterocycles. The molecular formula is C20H32O2. The zero-order valence-corrected chi connectivity index (χ0v) is 14.0. The summed E-state index contributed by atoms with van der Waals surface area (Å²) in [5.74, 6) is 2.92. The highest BCUT2D eigenvalue weighted by atomic mass is 16.4. The quantitative estimate of drug-likeness (QED) is 0.445. The Morgan fingerprint density at radius 1 is 1.23 bits per heavy atom. The van der Waals surface area contributed by atoms with Crippen LogP contribution in [0.4, 0.5) is 0 Å². The molecule has 0 aliphatic heterocycles. The van der Waals surface area contributed by atoms with Gasteiger partial charge in [-0.15, -0.1) is 0 Å². The van der Waals surface area contributed by atoms with Crippen molar-refractivity contribution in [2.24, 2.45) is 23.7 Å². The van der Waals surface area contributed by atoms with Gasteiger partial charge < -0.3 is 5.11 Å². The Morgan fingerprint density at radius 2 is 2.05 bits per heavy atom. The van der Waals surface area contributed by atoms with Crippen molar-refractivity contribution in [3.8, 4) is 0 Å². The SMILES string of the molecule is CCCC[C@H]1C[C@@H]2CC=CC[C@H]2[C@@H]1C/C=C/CCCC(=O)O. The molecule has 124 valence electrons. The van der Waals surface area contributed by atoms with Gasteiger partial charge in [-0.3, -0.25) is 4.79 Å².